The predicted molar refractivity (Wildman–Crippen MR) is 122 cm³/mol. The summed E-state index contributed by atoms with van der Waals surface area (Å²) < 4.78 is 41.7. The van der Waals surface area contributed by atoms with Crippen LogP contribution in [-0.2, 0) is 11.0 Å². The third-order valence-corrected chi connectivity index (χ3v) is 5.84. The van der Waals surface area contributed by atoms with Crippen LogP contribution in [0, 0.1) is 6.92 Å². The summed E-state index contributed by atoms with van der Waals surface area (Å²) in [6.07, 6.45) is -3.51. The van der Waals surface area contributed by atoms with Crippen LogP contribution in [0.5, 0.6) is 0 Å². The molecule has 1 aromatic heterocycles. The van der Waals surface area contributed by atoms with Crippen molar-refractivity contribution in [3.63, 3.8) is 0 Å². The van der Waals surface area contributed by atoms with Crippen molar-refractivity contribution in [2.24, 2.45) is 0 Å². The molecule has 1 atom stereocenters. The van der Waals surface area contributed by atoms with Crippen LogP contribution in [0.4, 0.5) is 13.2 Å². The number of para-hydroxylation sites is 1. The molecule has 182 valence electrons. The zero-order valence-electron chi connectivity index (χ0n) is 18.9. The summed E-state index contributed by atoms with van der Waals surface area (Å²) in [5.74, 6) is -0.867. The summed E-state index contributed by atoms with van der Waals surface area (Å²) in [5, 5.41) is 6.77. The van der Waals surface area contributed by atoms with Gasteiger partial charge in [0.1, 0.15) is 0 Å². The third kappa shape index (κ3) is 5.26. The van der Waals surface area contributed by atoms with Crippen molar-refractivity contribution >= 4 is 11.8 Å². The second-order valence-corrected chi connectivity index (χ2v) is 8.31. The molecule has 1 fully saturated rings. The first kappa shape index (κ1) is 24.2. The van der Waals surface area contributed by atoms with Crippen molar-refractivity contribution in [1.29, 1.82) is 0 Å². The van der Waals surface area contributed by atoms with Crippen molar-refractivity contribution in [3.05, 3.63) is 93.4 Å². The number of hydrogen-bond donors (Lipinski definition) is 1. The first-order valence-corrected chi connectivity index (χ1v) is 11.1. The molecule has 0 radical (unpaired) electrons. The Balaban J connectivity index is 1.70. The van der Waals surface area contributed by atoms with Crippen molar-refractivity contribution in [2.45, 2.75) is 32.0 Å². The normalized spacial score (nSPS) is 14.7. The summed E-state index contributed by atoms with van der Waals surface area (Å²) in [6.45, 7) is 2.20. The third-order valence-electron chi connectivity index (χ3n) is 5.84. The number of carbonyl (C=O) groups is 2. The van der Waals surface area contributed by atoms with Gasteiger partial charge in [0.2, 0.25) is 11.3 Å². The Morgan fingerprint density at radius 2 is 1.77 bits per heavy atom. The van der Waals surface area contributed by atoms with Gasteiger partial charge in [-0.2, -0.15) is 18.3 Å². The summed E-state index contributed by atoms with van der Waals surface area (Å²) in [6, 6.07) is 14.2. The van der Waals surface area contributed by atoms with Gasteiger partial charge in [0.25, 0.3) is 5.91 Å². The van der Waals surface area contributed by atoms with Gasteiger partial charge in [-0.3, -0.25) is 14.4 Å². The van der Waals surface area contributed by atoms with Crippen molar-refractivity contribution in [3.8, 4) is 5.69 Å². The van der Waals surface area contributed by atoms with Crippen molar-refractivity contribution in [2.75, 3.05) is 13.1 Å². The summed E-state index contributed by atoms with van der Waals surface area (Å²) in [7, 11) is 0. The minimum absolute atomic E-state index is 0.0280. The van der Waals surface area contributed by atoms with E-state index in [4.69, 9.17) is 0 Å². The number of hydrogen-bond acceptors (Lipinski definition) is 4. The van der Waals surface area contributed by atoms with Gasteiger partial charge in [-0.15, -0.1) is 0 Å². The topological polar surface area (TPSA) is 84.3 Å². The molecule has 3 aromatic rings. The lowest BCUT2D eigenvalue weighted by molar-refractivity contribution is -0.137. The fraction of sp³-hybridized carbons (Fsp3) is 0.280. The Hall–Kier alpha value is -3.95. The Morgan fingerprint density at radius 1 is 1.09 bits per heavy atom. The molecule has 1 saturated heterocycles. The van der Waals surface area contributed by atoms with E-state index in [2.05, 4.69) is 10.4 Å². The zero-order valence-corrected chi connectivity index (χ0v) is 18.9. The van der Waals surface area contributed by atoms with E-state index < -0.39 is 34.8 Å². The smallest absolute Gasteiger partial charge is 0.342 e. The zero-order chi connectivity index (χ0) is 25.2. The highest BCUT2D eigenvalue weighted by atomic mass is 19.4. The van der Waals surface area contributed by atoms with Gasteiger partial charge in [0.05, 0.1) is 17.3 Å². The monoisotopic (exact) mass is 484 g/mol. The quantitative estimate of drug-likeness (QED) is 0.579. The van der Waals surface area contributed by atoms with E-state index in [0.717, 1.165) is 28.8 Å². The maximum Gasteiger partial charge on any atom is 0.418 e. The minimum atomic E-state index is -4.66. The molecule has 10 heteroatoms. The molecule has 35 heavy (non-hydrogen) atoms. The van der Waals surface area contributed by atoms with E-state index in [9.17, 15) is 27.6 Å². The average Bonchev–Trinajstić information content (AvgIpc) is 3.23. The van der Waals surface area contributed by atoms with Crippen LogP contribution in [0.15, 0.2) is 65.5 Å². The summed E-state index contributed by atoms with van der Waals surface area (Å²) >= 11 is 0. The number of amides is 2. The number of carbonyl (C=O) groups excluding carboxylic acids is 2. The molecule has 1 aliphatic heterocycles. The van der Waals surface area contributed by atoms with Crippen LogP contribution in [-0.4, -0.2) is 39.6 Å². The molecular formula is C25H23F3N4O3. The molecular weight excluding hydrogens is 461 g/mol. The second-order valence-electron chi connectivity index (χ2n) is 8.31. The Bertz CT molecular complexity index is 1310. The molecule has 0 bridgehead atoms. The van der Waals surface area contributed by atoms with Gasteiger partial charge in [0.15, 0.2) is 5.69 Å². The minimum Gasteiger partial charge on any atom is -0.342 e. The highest BCUT2D eigenvalue weighted by molar-refractivity contribution is 5.92. The average molecular weight is 484 g/mol. The highest BCUT2D eigenvalue weighted by Crippen LogP contribution is 2.33. The highest BCUT2D eigenvalue weighted by Gasteiger charge is 2.34. The van der Waals surface area contributed by atoms with Gasteiger partial charge in [-0.25, -0.2) is 4.68 Å². The fourth-order valence-corrected chi connectivity index (χ4v) is 4.11. The lowest BCUT2D eigenvalue weighted by atomic mass is 10.1. The number of aromatic nitrogens is 2. The molecule has 2 amide bonds. The van der Waals surface area contributed by atoms with Crippen LogP contribution in [0.2, 0.25) is 0 Å². The fourth-order valence-electron chi connectivity index (χ4n) is 4.11. The lowest BCUT2D eigenvalue weighted by Crippen LogP contribution is -2.40. The van der Waals surface area contributed by atoms with Gasteiger partial charge >= 0.3 is 6.18 Å². The molecule has 2 aromatic carbocycles. The summed E-state index contributed by atoms with van der Waals surface area (Å²) in [5.41, 5.74) is -1.64. The molecule has 1 unspecified atom stereocenters. The first-order chi connectivity index (χ1) is 16.6. The van der Waals surface area contributed by atoms with E-state index in [1.54, 1.807) is 29.2 Å². The van der Waals surface area contributed by atoms with E-state index in [0.29, 0.717) is 13.0 Å². The standard InChI is InChI=1S/C25H23F3N4O3/c1-16-14-21(33)23(30-32(16)20-11-6-5-10-18(20)25(26,27)28)24(35)29-19(17-8-3-2-4-9-17)15-31-13-7-12-22(31)34/h2-6,8-11,14,19H,7,12-13,15H2,1H3,(H,29,35). The maximum atomic E-state index is 13.6. The second kappa shape index (κ2) is 9.73. The number of likely N-dealkylation sites (tertiary alicyclic amines) is 1. The Labute approximate surface area is 199 Å². The predicted octanol–water partition coefficient (Wildman–Crippen LogP) is 3.65. The van der Waals surface area contributed by atoms with E-state index in [1.165, 1.54) is 25.1 Å². The number of nitrogens with zero attached hydrogens (tertiary/aromatic N) is 3. The molecule has 0 spiro atoms. The van der Waals surface area contributed by atoms with Gasteiger partial charge in [-0.1, -0.05) is 42.5 Å². The lowest BCUT2D eigenvalue weighted by Gasteiger charge is -2.25. The summed E-state index contributed by atoms with van der Waals surface area (Å²) in [4.78, 5) is 39.6. The van der Waals surface area contributed by atoms with Crippen molar-refractivity contribution in [1.82, 2.24) is 20.0 Å². The van der Waals surface area contributed by atoms with Crippen LogP contribution >= 0.6 is 0 Å². The van der Waals surface area contributed by atoms with E-state index >= 15 is 0 Å². The van der Waals surface area contributed by atoms with Crippen LogP contribution in [0.1, 0.15) is 46.2 Å². The molecule has 7 nitrogen and oxygen atoms in total. The van der Waals surface area contributed by atoms with Crippen LogP contribution in [0.25, 0.3) is 5.69 Å². The SMILES string of the molecule is Cc1cc(=O)c(C(=O)NC(CN2CCCC2=O)c2ccccc2)nn1-c1ccccc1C(F)(F)F. The number of nitrogens with one attached hydrogen (secondary N) is 1. The van der Waals surface area contributed by atoms with Crippen LogP contribution in [0.3, 0.4) is 0 Å². The van der Waals surface area contributed by atoms with Gasteiger partial charge in [-0.05, 0) is 31.0 Å². The molecule has 0 saturated carbocycles. The number of rotatable bonds is 6. The number of aryl methyl sites for hydroxylation is 1. The molecule has 4 rings (SSSR count). The van der Waals surface area contributed by atoms with Crippen molar-refractivity contribution < 1.29 is 22.8 Å². The Kier molecular flexibility index (Phi) is 6.72. The number of halogens is 3. The maximum absolute atomic E-state index is 13.6. The van der Waals surface area contributed by atoms with E-state index in [-0.39, 0.29) is 23.8 Å². The molecule has 1 N–H and O–H groups in total. The van der Waals surface area contributed by atoms with Crippen LogP contribution < -0.4 is 10.7 Å². The van der Waals surface area contributed by atoms with E-state index in [1.807, 2.05) is 6.07 Å². The van der Waals surface area contributed by atoms with Gasteiger partial charge < -0.3 is 10.2 Å². The largest absolute Gasteiger partial charge is 0.418 e. The number of benzene rings is 2. The number of alkyl halides is 3. The molecule has 0 aliphatic carbocycles. The molecule has 2 heterocycles. The molecule has 1 aliphatic rings. The van der Waals surface area contributed by atoms with Gasteiger partial charge in [0, 0.05) is 31.3 Å². The first-order valence-electron chi connectivity index (χ1n) is 11.1. The Morgan fingerprint density at radius 3 is 2.43 bits per heavy atom.